The Kier molecular flexibility index (Phi) is 3.44. The maximum Gasteiger partial charge on any atom is 0.171 e. The Morgan fingerprint density at radius 2 is 2.24 bits per heavy atom. The Morgan fingerprint density at radius 1 is 1.43 bits per heavy atom. The minimum Gasteiger partial charge on any atom is -0.313 e. The van der Waals surface area contributed by atoms with Crippen LogP contribution in [0.4, 0.5) is 4.39 Å². The number of halogens is 1. The summed E-state index contributed by atoms with van der Waals surface area (Å²) in [4.78, 5) is 25.8. The molecule has 0 aromatic carbocycles. The number of nitrogens with zero attached hydrogens (tertiary/aromatic N) is 5. The summed E-state index contributed by atoms with van der Waals surface area (Å²) in [6.07, 6.45) is 3.79. The van der Waals surface area contributed by atoms with Crippen LogP contribution in [0.2, 0.25) is 0 Å². The second kappa shape index (κ2) is 5.14. The van der Waals surface area contributed by atoms with Gasteiger partial charge in [-0.3, -0.25) is 9.69 Å². The van der Waals surface area contributed by atoms with Gasteiger partial charge in [-0.25, -0.2) is 19.3 Å². The van der Waals surface area contributed by atoms with Crippen molar-refractivity contribution in [1.82, 2.24) is 24.4 Å². The normalized spacial score (nSPS) is 21.1. The van der Waals surface area contributed by atoms with Gasteiger partial charge in [0.15, 0.2) is 17.6 Å². The number of fused-ring (bicyclic) bond motifs is 1. The molecule has 6 nitrogen and oxygen atoms in total. The quantitative estimate of drug-likeness (QED) is 0.850. The van der Waals surface area contributed by atoms with E-state index in [4.69, 9.17) is 0 Å². The van der Waals surface area contributed by atoms with Crippen LogP contribution < -0.4 is 0 Å². The lowest BCUT2D eigenvalue weighted by Gasteiger charge is -2.41. The van der Waals surface area contributed by atoms with Crippen molar-refractivity contribution in [1.29, 1.82) is 0 Å². The van der Waals surface area contributed by atoms with Gasteiger partial charge in [-0.2, -0.15) is 0 Å². The predicted molar refractivity (Wildman–Crippen MR) is 75.5 cm³/mol. The van der Waals surface area contributed by atoms with E-state index in [1.54, 1.807) is 12.5 Å². The van der Waals surface area contributed by atoms with E-state index in [-0.39, 0.29) is 24.3 Å². The summed E-state index contributed by atoms with van der Waals surface area (Å²) in [6.45, 7) is 5.47. The number of aromatic nitrogens is 4. The first-order valence-corrected chi connectivity index (χ1v) is 7.00. The van der Waals surface area contributed by atoms with Gasteiger partial charge in [-0.15, -0.1) is 0 Å². The summed E-state index contributed by atoms with van der Waals surface area (Å²) in [5.74, 6) is -0.289. The van der Waals surface area contributed by atoms with Crippen LogP contribution in [0.15, 0.2) is 18.9 Å². The Bertz CT molecular complexity index is 668. The van der Waals surface area contributed by atoms with E-state index in [0.717, 1.165) is 11.2 Å². The van der Waals surface area contributed by atoms with Crippen molar-refractivity contribution in [3.8, 4) is 0 Å². The van der Waals surface area contributed by atoms with Crippen molar-refractivity contribution in [2.75, 3.05) is 13.1 Å². The molecule has 0 spiro atoms. The summed E-state index contributed by atoms with van der Waals surface area (Å²) in [7, 11) is 0. The highest BCUT2D eigenvalue weighted by molar-refractivity contribution is 5.84. The Morgan fingerprint density at radius 3 is 3.00 bits per heavy atom. The summed E-state index contributed by atoms with van der Waals surface area (Å²) in [5, 5.41) is 0. The lowest BCUT2D eigenvalue weighted by atomic mass is 9.97. The number of hydrogen-bond acceptors (Lipinski definition) is 5. The maximum absolute atomic E-state index is 13.7. The molecule has 0 aliphatic carbocycles. The van der Waals surface area contributed by atoms with Crippen LogP contribution in [-0.2, 0) is 11.3 Å². The summed E-state index contributed by atoms with van der Waals surface area (Å²) >= 11 is 0. The first kappa shape index (κ1) is 14.1. The summed E-state index contributed by atoms with van der Waals surface area (Å²) in [6, 6.07) is 0. The third kappa shape index (κ3) is 2.65. The van der Waals surface area contributed by atoms with Gasteiger partial charge in [-0.05, 0) is 13.8 Å². The molecule has 112 valence electrons. The summed E-state index contributed by atoms with van der Waals surface area (Å²) in [5.41, 5.74) is 1.22. The minimum absolute atomic E-state index is 0.160. The number of Topliss-reactive ketones (excluding diaryl/α,β-unsaturated/α-hetero) is 1. The number of carbonyl (C=O) groups is 1. The molecule has 0 radical (unpaired) electrons. The fraction of sp³-hybridized carbons (Fsp3) is 0.571. The molecule has 0 saturated carbocycles. The largest absolute Gasteiger partial charge is 0.313 e. The second-order valence-electron chi connectivity index (χ2n) is 6.05. The molecule has 21 heavy (non-hydrogen) atoms. The lowest BCUT2D eigenvalue weighted by molar-refractivity contribution is -0.129. The van der Waals surface area contributed by atoms with Gasteiger partial charge in [0, 0.05) is 31.6 Å². The number of ketones is 1. The third-order valence-electron chi connectivity index (χ3n) is 4.05. The molecule has 1 atom stereocenters. The molecule has 1 fully saturated rings. The zero-order valence-corrected chi connectivity index (χ0v) is 12.2. The third-order valence-corrected chi connectivity index (χ3v) is 4.05. The maximum atomic E-state index is 13.7. The molecule has 0 amide bonds. The molecule has 1 unspecified atom stereocenters. The van der Waals surface area contributed by atoms with Crippen molar-refractivity contribution in [2.24, 2.45) is 0 Å². The predicted octanol–water partition coefficient (Wildman–Crippen LogP) is 1.22. The molecular formula is C14H18FN5O. The average Bonchev–Trinajstić information content (AvgIpc) is 2.85. The topological polar surface area (TPSA) is 63.9 Å². The standard InChI is InChI=1S/C14H18FN5O/c1-14(2,20-4-3-12(21)10(15)6-20)7-19-9-18-11-5-16-8-17-13(11)19/h5,8-10H,3-4,6-7H2,1-2H3. The zero-order chi connectivity index (χ0) is 15.0. The first-order chi connectivity index (χ1) is 9.97. The molecule has 1 aliphatic heterocycles. The van der Waals surface area contributed by atoms with E-state index in [1.165, 1.54) is 6.33 Å². The Labute approximate surface area is 122 Å². The van der Waals surface area contributed by atoms with Crippen molar-refractivity contribution < 1.29 is 9.18 Å². The Hall–Kier alpha value is -1.89. The number of carbonyl (C=O) groups excluding carboxylic acids is 1. The van der Waals surface area contributed by atoms with Gasteiger partial charge >= 0.3 is 0 Å². The van der Waals surface area contributed by atoms with Gasteiger partial charge in [0.1, 0.15) is 11.8 Å². The monoisotopic (exact) mass is 291 g/mol. The number of imidazole rings is 1. The van der Waals surface area contributed by atoms with Gasteiger partial charge in [0.05, 0.1) is 12.5 Å². The number of rotatable bonds is 3. The zero-order valence-electron chi connectivity index (χ0n) is 12.2. The summed E-state index contributed by atoms with van der Waals surface area (Å²) < 4.78 is 15.6. The van der Waals surface area contributed by atoms with Crippen LogP contribution in [0.3, 0.4) is 0 Å². The van der Waals surface area contributed by atoms with Crippen LogP contribution in [0.1, 0.15) is 20.3 Å². The first-order valence-electron chi connectivity index (χ1n) is 7.00. The number of alkyl halides is 1. The van der Waals surface area contributed by atoms with Crippen molar-refractivity contribution in [3.05, 3.63) is 18.9 Å². The molecular weight excluding hydrogens is 273 g/mol. The van der Waals surface area contributed by atoms with Crippen molar-refractivity contribution in [2.45, 2.75) is 38.5 Å². The number of piperidine rings is 1. The number of likely N-dealkylation sites (tertiary alicyclic amines) is 1. The van der Waals surface area contributed by atoms with Gasteiger partial charge in [0.2, 0.25) is 0 Å². The molecule has 0 bridgehead atoms. The van der Waals surface area contributed by atoms with Gasteiger partial charge in [0.25, 0.3) is 0 Å². The molecule has 2 aromatic heterocycles. The fourth-order valence-electron chi connectivity index (χ4n) is 2.79. The lowest BCUT2D eigenvalue weighted by Crippen LogP contribution is -2.54. The van der Waals surface area contributed by atoms with Crippen LogP contribution >= 0.6 is 0 Å². The smallest absolute Gasteiger partial charge is 0.171 e. The fourth-order valence-corrected chi connectivity index (χ4v) is 2.79. The molecule has 2 aromatic rings. The SMILES string of the molecule is CC(C)(Cn1cnc2cncnc21)N1CCC(=O)C(F)C1. The highest BCUT2D eigenvalue weighted by Crippen LogP contribution is 2.23. The van der Waals surface area contributed by atoms with Crippen molar-refractivity contribution >= 4 is 16.9 Å². The van der Waals surface area contributed by atoms with Crippen LogP contribution in [0.5, 0.6) is 0 Å². The van der Waals surface area contributed by atoms with Gasteiger partial charge < -0.3 is 4.57 Å². The number of hydrogen-bond donors (Lipinski definition) is 0. The van der Waals surface area contributed by atoms with Crippen LogP contribution in [-0.4, -0.2) is 55.0 Å². The van der Waals surface area contributed by atoms with E-state index >= 15 is 0 Å². The van der Waals surface area contributed by atoms with Crippen molar-refractivity contribution in [3.63, 3.8) is 0 Å². The molecule has 0 N–H and O–H groups in total. The molecule has 1 aliphatic rings. The van der Waals surface area contributed by atoms with E-state index in [2.05, 4.69) is 15.0 Å². The van der Waals surface area contributed by atoms with Crippen LogP contribution in [0.25, 0.3) is 11.2 Å². The Balaban J connectivity index is 1.81. The van der Waals surface area contributed by atoms with E-state index in [0.29, 0.717) is 13.1 Å². The molecule has 1 saturated heterocycles. The minimum atomic E-state index is -1.38. The molecule has 3 rings (SSSR count). The molecule has 3 heterocycles. The van der Waals surface area contributed by atoms with E-state index in [1.807, 2.05) is 23.3 Å². The highest BCUT2D eigenvalue weighted by Gasteiger charge is 2.35. The second-order valence-corrected chi connectivity index (χ2v) is 6.05. The average molecular weight is 291 g/mol. The van der Waals surface area contributed by atoms with Gasteiger partial charge in [-0.1, -0.05) is 0 Å². The highest BCUT2D eigenvalue weighted by atomic mass is 19.1. The van der Waals surface area contributed by atoms with E-state index in [9.17, 15) is 9.18 Å². The molecule has 7 heteroatoms. The van der Waals surface area contributed by atoms with Crippen LogP contribution in [0, 0.1) is 0 Å². The van der Waals surface area contributed by atoms with E-state index < -0.39 is 6.17 Å².